The molecular formula is C14H17P. The Labute approximate surface area is 92.8 Å². The minimum atomic E-state index is 0.515. The summed E-state index contributed by atoms with van der Waals surface area (Å²) in [7, 11) is 0.934. The zero-order valence-electron chi connectivity index (χ0n) is 9.22. The molecule has 1 atom stereocenters. The number of hydrogen-bond acceptors (Lipinski definition) is 0. The van der Waals surface area contributed by atoms with Gasteiger partial charge >= 0.3 is 0 Å². The highest BCUT2D eigenvalue weighted by Crippen LogP contribution is 2.47. The fourth-order valence-electron chi connectivity index (χ4n) is 2.98. The van der Waals surface area contributed by atoms with Gasteiger partial charge in [0.2, 0.25) is 0 Å². The maximum atomic E-state index is 2.47. The maximum absolute atomic E-state index is 2.47. The first-order chi connectivity index (χ1) is 7.30. The Morgan fingerprint density at radius 1 is 1.13 bits per heavy atom. The molecule has 1 aliphatic carbocycles. The van der Waals surface area contributed by atoms with Crippen LogP contribution in [0, 0.1) is 0 Å². The third kappa shape index (κ3) is 1.43. The van der Waals surface area contributed by atoms with E-state index in [1.165, 1.54) is 31.1 Å². The standard InChI is InChI=1S/C14H17P/c1-14(8-4-5-9-14)13-12-7-3-2-6-11(12)10-15-13/h2-3,6-7,10,15H,4-5,8-9H2,1H3. The van der Waals surface area contributed by atoms with Crippen LogP contribution < -0.4 is 0 Å². The smallest absolute Gasteiger partial charge is 0.00342 e. The predicted molar refractivity (Wildman–Crippen MR) is 69.3 cm³/mol. The largest absolute Gasteiger partial charge is 0.135 e. The molecule has 1 unspecified atom stereocenters. The van der Waals surface area contributed by atoms with Crippen molar-refractivity contribution in [3.63, 3.8) is 0 Å². The summed E-state index contributed by atoms with van der Waals surface area (Å²) in [6.45, 7) is 2.47. The van der Waals surface area contributed by atoms with E-state index in [-0.39, 0.29) is 0 Å². The summed E-state index contributed by atoms with van der Waals surface area (Å²) in [5, 5.41) is 4.75. The van der Waals surface area contributed by atoms with Crippen molar-refractivity contribution in [2.45, 2.75) is 38.0 Å². The molecule has 1 saturated carbocycles. The molecule has 2 aromatic rings. The van der Waals surface area contributed by atoms with Crippen molar-refractivity contribution in [3.8, 4) is 0 Å². The molecule has 1 fully saturated rings. The van der Waals surface area contributed by atoms with E-state index >= 15 is 0 Å². The van der Waals surface area contributed by atoms with Crippen molar-refractivity contribution in [2.24, 2.45) is 0 Å². The summed E-state index contributed by atoms with van der Waals surface area (Å²) in [4.78, 5) is 0. The SMILES string of the molecule is CC1(c2[pH]cc3ccccc23)CCCC1. The van der Waals surface area contributed by atoms with E-state index < -0.39 is 0 Å². The summed E-state index contributed by atoms with van der Waals surface area (Å²) in [6, 6.07) is 8.90. The third-order valence-corrected chi connectivity index (χ3v) is 5.53. The lowest BCUT2D eigenvalue weighted by Crippen LogP contribution is -2.14. The molecule has 3 rings (SSSR count). The second kappa shape index (κ2) is 3.39. The zero-order valence-corrected chi connectivity index (χ0v) is 10.2. The first-order valence-electron chi connectivity index (χ1n) is 5.86. The van der Waals surface area contributed by atoms with Crippen LogP contribution in [0.2, 0.25) is 0 Å². The highest BCUT2D eigenvalue weighted by atomic mass is 31.0. The molecule has 0 saturated heterocycles. The monoisotopic (exact) mass is 216 g/mol. The van der Waals surface area contributed by atoms with Crippen LogP contribution in [0.1, 0.15) is 37.9 Å². The third-order valence-electron chi connectivity index (χ3n) is 3.91. The summed E-state index contributed by atoms with van der Waals surface area (Å²) in [5.74, 6) is 2.42. The van der Waals surface area contributed by atoms with Crippen molar-refractivity contribution >= 4 is 19.0 Å². The van der Waals surface area contributed by atoms with Gasteiger partial charge < -0.3 is 0 Å². The van der Waals surface area contributed by atoms with Gasteiger partial charge in [-0.1, -0.05) is 44.0 Å². The Hall–Kier alpha value is -0.740. The highest BCUT2D eigenvalue weighted by Gasteiger charge is 2.32. The molecule has 0 radical (unpaired) electrons. The second-order valence-electron chi connectivity index (χ2n) is 5.02. The number of benzene rings is 1. The molecule has 1 aromatic carbocycles. The topological polar surface area (TPSA) is 0 Å². The molecule has 0 spiro atoms. The quantitative estimate of drug-likeness (QED) is 0.648. The van der Waals surface area contributed by atoms with Crippen LogP contribution in [0.15, 0.2) is 30.1 Å². The first kappa shape index (κ1) is 9.48. The van der Waals surface area contributed by atoms with Gasteiger partial charge in [-0.15, -0.1) is 8.19 Å². The van der Waals surface area contributed by atoms with E-state index in [1.54, 1.807) is 10.7 Å². The van der Waals surface area contributed by atoms with E-state index in [0.717, 1.165) is 8.19 Å². The minimum absolute atomic E-state index is 0.515. The van der Waals surface area contributed by atoms with Gasteiger partial charge in [0.25, 0.3) is 0 Å². The molecule has 1 aliphatic rings. The number of hydrogen-bond donors (Lipinski definition) is 0. The Morgan fingerprint density at radius 3 is 2.67 bits per heavy atom. The molecule has 15 heavy (non-hydrogen) atoms. The summed E-state index contributed by atoms with van der Waals surface area (Å²) in [5.41, 5.74) is 0.515. The molecule has 1 heteroatoms. The van der Waals surface area contributed by atoms with Gasteiger partial charge in [-0.25, -0.2) is 0 Å². The molecule has 0 N–H and O–H groups in total. The van der Waals surface area contributed by atoms with Gasteiger partial charge in [-0.05, 0) is 40.1 Å². The molecule has 78 valence electrons. The van der Waals surface area contributed by atoms with Gasteiger partial charge in [0.05, 0.1) is 0 Å². The van der Waals surface area contributed by atoms with Gasteiger partial charge in [-0.2, -0.15) is 0 Å². The average Bonchev–Trinajstić information content (AvgIpc) is 2.84. The predicted octanol–water partition coefficient (Wildman–Crippen LogP) is 4.70. The van der Waals surface area contributed by atoms with Crippen LogP contribution in [0.3, 0.4) is 0 Å². The van der Waals surface area contributed by atoms with Crippen LogP contribution in [-0.2, 0) is 5.41 Å². The summed E-state index contributed by atoms with van der Waals surface area (Å²) >= 11 is 0. The Kier molecular flexibility index (Phi) is 2.14. The normalized spacial score (nSPS) is 20.3. The van der Waals surface area contributed by atoms with Gasteiger partial charge in [-0.3, -0.25) is 0 Å². The van der Waals surface area contributed by atoms with Crippen molar-refractivity contribution in [1.82, 2.24) is 0 Å². The zero-order chi connectivity index (χ0) is 10.3. The lowest BCUT2D eigenvalue weighted by Gasteiger charge is -2.23. The molecule has 0 amide bonds. The fraction of sp³-hybridized carbons (Fsp3) is 0.429. The molecule has 1 aromatic heterocycles. The van der Waals surface area contributed by atoms with Gasteiger partial charge in [0.1, 0.15) is 0 Å². The van der Waals surface area contributed by atoms with E-state index in [4.69, 9.17) is 0 Å². The Bertz CT molecular complexity index is 475. The van der Waals surface area contributed by atoms with Crippen molar-refractivity contribution in [3.05, 3.63) is 35.4 Å². The van der Waals surface area contributed by atoms with E-state index in [2.05, 4.69) is 37.0 Å². The lowest BCUT2D eigenvalue weighted by atomic mass is 9.85. The maximum Gasteiger partial charge on any atom is -0.00342 e. The first-order valence-corrected chi connectivity index (χ1v) is 6.94. The van der Waals surface area contributed by atoms with Gasteiger partial charge in [0, 0.05) is 0 Å². The van der Waals surface area contributed by atoms with Crippen LogP contribution >= 0.6 is 8.19 Å². The fourth-order valence-corrected chi connectivity index (χ4v) is 4.52. The van der Waals surface area contributed by atoms with Gasteiger partial charge in [0.15, 0.2) is 0 Å². The van der Waals surface area contributed by atoms with Crippen LogP contribution in [0.25, 0.3) is 10.8 Å². The molecule has 0 aliphatic heterocycles. The number of fused-ring (bicyclic) bond motifs is 1. The molecule has 1 heterocycles. The number of rotatable bonds is 1. The average molecular weight is 216 g/mol. The Morgan fingerprint density at radius 2 is 1.87 bits per heavy atom. The van der Waals surface area contributed by atoms with Crippen LogP contribution in [0.5, 0.6) is 0 Å². The highest BCUT2D eigenvalue weighted by molar-refractivity contribution is 7.31. The van der Waals surface area contributed by atoms with Crippen molar-refractivity contribution in [1.29, 1.82) is 0 Å². The minimum Gasteiger partial charge on any atom is -0.135 e. The summed E-state index contributed by atoms with van der Waals surface area (Å²) in [6.07, 6.45) is 5.65. The van der Waals surface area contributed by atoms with E-state index in [0.29, 0.717) is 5.41 Å². The van der Waals surface area contributed by atoms with E-state index in [9.17, 15) is 0 Å². The second-order valence-corrected chi connectivity index (χ2v) is 6.10. The molecule has 0 nitrogen and oxygen atoms in total. The van der Waals surface area contributed by atoms with E-state index in [1.807, 2.05) is 0 Å². The van der Waals surface area contributed by atoms with Crippen molar-refractivity contribution < 1.29 is 0 Å². The van der Waals surface area contributed by atoms with Crippen LogP contribution in [0.4, 0.5) is 0 Å². The van der Waals surface area contributed by atoms with Crippen LogP contribution in [-0.4, -0.2) is 0 Å². The lowest BCUT2D eigenvalue weighted by molar-refractivity contribution is 0.506. The summed E-state index contributed by atoms with van der Waals surface area (Å²) < 4.78 is 0. The Balaban J connectivity index is 2.18. The molecular weight excluding hydrogens is 199 g/mol. The van der Waals surface area contributed by atoms with Crippen molar-refractivity contribution in [2.75, 3.05) is 0 Å². The molecule has 0 bridgehead atoms.